The Hall–Kier alpha value is -4.99. The van der Waals surface area contributed by atoms with E-state index in [1.807, 2.05) is 0 Å². The molecular weight excluding hydrogens is 480 g/mol. The van der Waals surface area contributed by atoms with Crippen molar-refractivity contribution in [1.82, 2.24) is 5.32 Å². The molecule has 0 aliphatic rings. The van der Waals surface area contributed by atoms with Crippen LogP contribution in [-0.2, 0) is 11.4 Å². The van der Waals surface area contributed by atoms with Gasteiger partial charge in [0, 0.05) is 23.8 Å². The van der Waals surface area contributed by atoms with Crippen LogP contribution in [0.4, 0.5) is 5.69 Å². The average Bonchev–Trinajstić information content (AvgIpc) is 2.89. The first kappa shape index (κ1) is 25.1. The Balaban J connectivity index is 1.45. The van der Waals surface area contributed by atoms with E-state index < -0.39 is 22.8 Å². The summed E-state index contributed by atoms with van der Waals surface area (Å²) in [6, 6.07) is 17.4. The molecule has 0 saturated heterocycles. The van der Waals surface area contributed by atoms with Crippen LogP contribution in [0.25, 0.3) is 11.0 Å². The van der Waals surface area contributed by atoms with Crippen molar-refractivity contribution in [2.45, 2.75) is 26.5 Å². The predicted molar refractivity (Wildman–Crippen MR) is 134 cm³/mol. The van der Waals surface area contributed by atoms with Gasteiger partial charge >= 0.3 is 5.97 Å². The molecule has 0 saturated carbocycles. The second-order valence-corrected chi connectivity index (χ2v) is 8.15. The molecule has 0 aliphatic carbocycles. The minimum atomic E-state index is -0.920. The maximum atomic E-state index is 13.0. The van der Waals surface area contributed by atoms with Crippen molar-refractivity contribution < 1.29 is 28.4 Å². The highest BCUT2D eigenvalue weighted by Gasteiger charge is 2.20. The van der Waals surface area contributed by atoms with Crippen LogP contribution in [0.15, 0.2) is 82.0 Å². The summed E-state index contributed by atoms with van der Waals surface area (Å²) in [6.45, 7) is 3.01. The third kappa shape index (κ3) is 5.81. The number of ether oxygens (including phenoxy) is 2. The van der Waals surface area contributed by atoms with Crippen LogP contribution in [0.2, 0.25) is 0 Å². The molecule has 0 radical (unpaired) electrons. The highest BCUT2D eigenvalue weighted by atomic mass is 16.6. The van der Waals surface area contributed by atoms with Crippen LogP contribution >= 0.6 is 0 Å². The number of nitrogens with one attached hydrogen (secondary N) is 1. The molecular formula is C27H22N2O8. The van der Waals surface area contributed by atoms with Gasteiger partial charge in [-0.15, -0.1) is 0 Å². The van der Waals surface area contributed by atoms with Gasteiger partial charge in [-0.05, 0) is 50.2 Å². The van der Waals surface area contributed by atoms with Gasteiger partial charge in [0.25, 0.3) is 11.6 Å². The molecule has 3 aromatic carbocycles. The molecule has 4 aromatic rings. The summed E-state index contributed by atoms with van der Waals surface area (Å²) in [6.07, 6.45) is 0. The SMILES string of the molecule is Cc1oc2cc(OC(=O)C(C)NC(=O)c3ccccc3)ccc2c(=O)c1COc1ccc([N+](=O)[O-])cc1. The molecule has 10 nitrogen and oxygen atoms in total. The van der Waals surface area contributed by atoms with E-state index in [1.54, 1.807) is 37.3 Å². The van der Waals surface area contributed by atoms with E-state index in [0.29, 0.717) is 17.1 Å². The third-order valence-corrected chi connectivity index (χ3v) is 5.55. The number of hydrogen-bond acceptors (Lipinski definition) is 8. The van der Waals surface area contributed by atoms with Gasteiger partial charge in [0.15, 0.2) is 5.43 Å². The van der Waals surface area contributed by atoms with Crippen LogP contribution in [0.3, 0.4) is 0 Å². The van der Waals surface area contributed by atoms with E-state index in [-0.39, 0.29) is 40.0 Å². The van der Waals surface area contributed by atoms with Crippen molar-refractivity contribution in [2.75, 3.05) is 0 Å². The number of hydrogen-bond donors (Lipinski definition) is 1. The topological polar surface area (TPSA) is 138 Å². The zero-order valence-corrected chi connectivity index (χ0v) is 19.9. The number of aryl methyl sites for hydroxylation is 1. The predicted octanol–water partition coefficient (Wildman–Crippen LogP) is 4.31. The Bertz CT molecular complexity index is 1530. The van der Waals surface area contributed by atoms with Gasteiger partial charge in [0.05, 0.1) is 15.9 Å². The van der Waals surface area contributed by atoms with Gasteiger partial charge in [-0.25, -0.2) is 4.79 Å². The number of amides is 1. The number of nitrogens with zero attached hydrogens (tertiary/aromatic N) is 1. The number of benzene rings is 3. The van der Waals surface area contributed by atoms with Crippen LogP contribution in [0.5, 0.6) is 11.5 Å². The summed E-state index contributed by atoms with van der Waals surface area (Å²) < 4.78 is 16.8. The fourth-order valence-electron chi connectivity index (χ4n) is 3.51. The Kier molecular flexibility index (Phi) is 7.28. The maximum Gasteiger partial charge on any atom is 0.333 e. The lowest BCUT2D eigenvalue weighted by molar-refractivity contribution is -0.384. The van der Waals surface area contributed by atoms with Crippen LogP contribution in [0, 0.1) is 17.0 Å². The third-order valence-electron chi connectivity index (χ3n) is 5.55. The lowest BCUT2D eigenvalue weighted by Gasteiger charge is -2.14. The lowest BCUT2D eigenvalue weighted by Crippen LogP contribution is -2.40. The molecule has 1 atom stereocenters. The molecule has 0 bridgehead atoms. The van der Waals surface area contributed by atoms with Crippen LogP contribution in [-0.4, -0.2) is 22.8 Å². The monoisotopic (exact) mass is 502 g/mol. The largest absolute Gasteiger partial charge is 0.489 e. The lowest BCUT2D eigenvalue weighted by atomic mass is 10.1. The summed E-state index contributed by atoms with van der Waals surface area (Å²) in [5, 5.41) is 13.6. The van der Waals surface area contributed by atoms with Gasteiger partial charge in [-0.3, -0.25) is 19.7 Å². The molecule has 10 heteroatoms. The van der Waals surface area contributed by atoms with Gasteiger partial charge in [-0.2, -0.15) is 0 Å². The van der Waals surface area contributed by atoms with Crippen molar-refractivity contribution in [1.29, 1.82) is 0 Å². The van der Waals surface area contributed by atoms with Crippen molar-refractivity contribution >= 4 is 28.5 Å². The van der Waals surface area contributed by atoms with Gasteiger partial charge in [0.2, 0.25) is 0 Å². The van der Waals surface area contributed by atoms with Gasteiger partial charge < -0.3 is 19.2 Å². The number of carbonyl (C=O) groups is 2. The molecule has 0 aliphatic heterocycles. The number of rotatable bonds is 8. The second kappa shape index (κ2) is 10.7. The van der Waals surface area contributed by atoms with E-state index in [2.05, 4.69) is 5.32 Å². The van der Waals surface area contributed by atoms with E-state index in [0.717, 1.165) is 0 Å². The smallest absolute Gasteiger partial charge is 0.333 e. The summed E-state index contributed by atoms with van der Waals surface area (Å²) >= 11 is 0. The first-order valence-corrected chi connectivity index (χ1v) is 11.2. The minimum absolute atomic E-state index is 0.0711. The average molecular weight is 502 g/mol. The number of nitro benzene ring substituents is 1. The zero-order valence-electron chi connectivity index (χ0n) is 19.9. The molecule has 1 amide bonds. The van der Waals surface area contributed by atoms with Gasteiger partial charge in [-0.1, -0.05) is 18.2 Å². The molecule has 0 spiro atoms. The van der Waals surface area contributed by atoms with E-state index in [1.165, 1.54) is 49.4 Å². The molecule has 1 unspecified atom stereocenters. The fraction of sp³-hybridized carbons (Fsp3) is 0.148. The molecule has 4 rings (SSSR count). The second-order valence-electron chi connectivity index (χ2n) is 8.15. The minimum Gasteiger partial charge on any atom is -0.489 e. The Morgan fingerprint density at radius 3 is 2.38 bits per heavy atom. The number of nitro groups is 1. The van der Waals surface area contributed by atoms with Crippen molar-refractivity contribution in [3.05, 3.63) is 110 Å². The van der Waals surface area contributed by atoms with Crippen LogP contribution < -0.4 is 20.2 Å². The number of carbonyl (C=O) groups excluding carboxylic acids is 2. The zero-order chi connectivity index (χ0) is 26.5. The van der Waals surface area contributed by atoms with Crippen molar-refractivity contribution in [3.63, 3.8) is 0 Å². The van der Waals surface area contributed by atoms with Crippen molar-refractivity contribution in [3.8, 4) is 11.5 Å². The maximum absolute atomic E-state index is 13.0. The summed E-state index contributed by atoms with van der Waals surface area (Å²) in [4.78, 5) is 48.1. The standard InChI is InChI=1S/C27H22N2O8/c1-16(28-26(31)18-6-4-3-5-7-18)27(32)37-21-12-13-22-24(14-21)36-17(2)23(25(22)30)15-35-20-10-8-19(9-11-20)29(33)34/h3-14,16H,15H2,1-2H3,(H,28,31). The Morgan fingerprint density at radius 1 is 1.03 bits per heavy atom. The van der Waals surface area contributed by atoms with E-state index in [4.69, 9.17) is 13.9 Å². The van der Waals surface area contributed by atoms with Crippen LogP contribution in [0.1, 0.15) is 28.6 Å². The van der Waals surface area contributed by atoms with Crippen molar-refractivity contribution in [2.24, 2.45) is 0 Å². The highest BCUT2D eigenvalue weighted by molar-refractivity contribution is 5.96. The quantitative estimate of drug-likeness (QED) is 0.163. The van der Waals surface area contributed by atoms with Gasteiger partial charge in [0.1, 0.15) is 35.5 Å². The molecule has 1 heterocycles. The Labute approximate surface area is 210 Å². The molecule has 188 valence electrons. The molecule has 1 aromatic heterocycles. The highest BCUT2D eigenvalue weighted by Crippen LogP contribution is 2.23. The Morgan fingerprint density at radius 2 is 1.70 bits per heavy atom. The first-order valence-electron chi connectivity index (χ1n) is 11.2. The number of esters is 1. The molecule has 0 fully saturated rings. The fourth-order valence-corrected chi connectivity index (χ4v) is 3.51. The summed E-state index contributed by atoms with van der Waals surface area (Å²) in [7, 11) is 0. The van der Waals surface area contributed by atoms with E-state index in [9.17, 15) is 24.5 Å². The first-order chi connectivity index (χ1) is 17.7. The molecule has 1 N–H and O–H groups in total. The summed E-state index contributed by atoms with van der Waals surface area (Å²) in [5.74, 6) is -0.271. The molecule has 37 heavy (non-hydrogen) atoms. The number of fused-ring (bicyclic) bond motifs is 1. The number of non-ortho nitro benzene ring substituents is 1. The summed E-state index contributed by atoms with van der Waals surface area (Å²) in [5.41, 5.74) is 0.527. The van der Waals surface area contributed by atoms with E-state index >= 15 is 0 Å². The normalized spacial score (nSPS) is 11.5.